The standard InChI is InChI=1S/C13H14N2O3S3/c14-21(17,18)12-7-9(8-20-12)13(16)15-5-1-3-10(15)11-4-2-6-19-11/h2,4,6-8,10H,1,3,5H2,(H2,14,17,18)/t10-/m1/s1. The molecule has 1 aliphatic heterocycles. The summed E-state index contributed by atoms with van der Waals surface area (Å²) in [5.74, 6) is -0.128. The molecule has 1 fully saturated rings. The van der Waals surface area contributed by atoms with E-state index in [4.69, 9.17) is 5.14 Å². The highest BCUT2D eigenvalue weighted by Crippen LogP contribution is 2.36. The van der Waals surface area contributed by atoms with E-state index in [0.717, 1.165) is 24.2 Å². The summed E-state index contributed by atoms with van der Waals surface area (Å²) >= 11 is 2.62. The Morgan fingerprint density at radius 1 is 1.38 bits per heavy atom. The number of likely N-dealkylation sites (tertiary alicyclic amines) is 1. The molecule has 5 nitrogen and oxygen atoms in total. The summed E-state index contributed by atoms with van der Waals surface area (Å²) in [6.07, 6.45) is 1.90. The molecule has 2 aromatic heterocycles. The number of carbonyl (C=O) groups is 1. The van der Waals surface area contributed by atoms with Gasteiger partial charge in [-0.15, -0.1) is 22.7 Å². The highest BCUT2D eigenvalue weighted by atomic mass is 32.2. The topological polar surface area (TPSA) is 80.5 Å². The first-order chi connectivity index (χ1) is 9.97. The van der Waals surface area contributed by atoms with Crippen LogP contribution in [0.3, 0.4) is 0 Å². The Hall–Kier alpha value is -1.22. The van der Waals surface area contributed by atoms with Gasteiger partial charge in [-0.25, -0.2) is 13.6 Å². The Bertz CT molecular complexity index is 749. The van der Waals surface area contributed by atoms with E-state index in [1.54, 1.807) is 16.7 Å². The second kappa shape index (κ2) is 5.53. The molecule has 0 saturated carbocycles. The Kier molecular flexibility index (Phi) is 3.87. The average molecular weight is 342 g/mol. The van der Waals surface area contributed by atoms with Crippen molar-refractivity contribution in [3.63, 3.8) is 0 Å². The number of carbonyl (C=O) groups excluding carboxylic acids is 1. The largest absolute Gasteiger partial charge is 0.331 e. The van der Waals surface area contributed by atoms with Gasteiger partial charge in [0.1, 0.15) is 4.21 Å². The maximum atomic E-state index is 12.6. The number of nitrogens with two attached hydrogens (primary N) is 1. The second-order valence-corrected chi connectivity index (χ2v) is 8.55. The summed E-state index contributed by atoms with van der Waals surface area (Å²) < 4.78 is 22.6. The third-order valence-corrected chi connectivity index (χ3v) is 6.85. The monoisotopic (exact) mass is 342 g/mol. The lowest BCUT2D eigenvalue weighted by Gasteiger charge is -2.23. The quantitative estimate of drug-likeness (QED) is 0.930. The summed E-state index contributed by atoms with van der Waals surface area (Å²) in [5.41, 5.74) is 0.396. The number of rotatable bonds is 3. The highest BCUT2D eigenvalue weighted by Gasteiger charge is 2.32. The van der Waals surface area contributed by atoms with Gasteiger partial charge in [0.2, 0.25) is 10.0 Å². The van der Waals surface area contributed by atoms with E-state index in [1.165, 1.54) is 10.9 Å². The van der Waals surface area contributed by atoms with Crippen LogP contribution in [0.15, 0.2) is 33.2 Å². The SMILES string of the molecule is NS(=O)(=O)c1cc(C(=O)N2CCC[C@@H]2c2cccs2)cs1. The van der Waals surface area contributed by atoms with Crippen molar-refractivity contribution in [3.05, 3.63) is 39.4 Å². The maximum absolute atomic E-state index is 12.6. The molecular formula is C13H14N2O3S3. The molecule has 0 aliphatic carbocycles. The van der Waals surface area contributed by atoms with E-state index in [0.29, 0.717) is 12.1 Å². The van der Waals surface area contributed by atoms with Gasteiger partial charge >= 0.3 is 0 Å². The van der Waals surface area contributed by atoms with Crippen LogP contribution in [0.1, 0.15) is 34.1 Å². The van der Waals surface area contributed by atoms with Crippen LogP contribution < -0.4 is 5.14 Å². The molecule has 21 heavy (non-hydrogen) atoms. The van der Waals surface area contributed by atoms with Crippen molar-refractivity contribution in [1.29, 1.82) is 0 Å². The lowest BCUT2D eigenvalue weighted by molar-refractivity contribution is 0.0738. The molecule has 0 aromatic carbocycles. The molecule has 0 spiro atoms. The normalized spacial score (nSPS) is 19.1. The lowest BCUT2D eigenvalue weighted by atomic mass is 10.1. The summed E-state index contributed by atoms with van der Waals surface area (Å²) in [6.45, 7) is 0.696. The number of hydrogen-bond donors (Lipinski definition) is 1. The van der Waals surface area contributed by atoms with Crippen LogP contribution in [0, 0.1) is 0 Å². The van der Waals surface area contributed by atoms with Crippen molar-refractivity contribution in [2.45, 2.75) is 23.1 Å². The third kappa shape index (κ3) is 2.89. The summed E-state index contributed by atoms with van der Waals surface area (Å²) in [4.78, 5) is 15.6. The minimum Gasteiger partial charge on any atom is -0.331 e. The number of nitrogens with zero attached hydrogens (tertiary/aromatic N) is 1. The molecular weight excluding hydrogens is 328 g/mol. The van der Waals surface area contributed by atoms with Crippen LogP contribution >= 0.6 is 22.7 Å². The van der Waals surface area contributed by atoms with Crippen molar-refractivity contribution in [2.75, 3.05) is 6.54 Å². The molecule has 2 aromatic rings. The number of primary sulfonamides is 1. The van der Waals surface area contributed by atoms with Gasteiger partial charge in [0.05, 0.1) is 11.6 Å². The van der Waals surface area contributed by atoms with Crippen molar-refractivity contribution in [3.8, 4) is 0 Å². The van der Waals surface area contributed by atoms with E-state index < -0.39 is 10.0 Å². The first-order valence-electron chi connectivity index (χ1n) is 6.42. The molecule has 0 bridgehead atoms. The fourth-order valence-corrected chi connectivity index (χ4v) is 4.98. The zero-order valence-corrected chi connectivity index (χ0v) is 13.5. The van der Waals surface area contributed by atoms with Gasteiger partial charge < -0.3 is 4.90 Å². The van der Waals surface area contributed by atoms with E-state index >= 15 is 0 Å². The van der Waals surface area contributed by atoms with E-state index in [2.05, 4.69) is 0 Å². The summed E-state index contributed by atoms with van der Waals surface area (Å²) in [5, 5.41) is 8.65. The minimum atomic E-state index is -3.75. The smallest absolute Gasteiger partial charge is 0.255 e. The molecule has 8 heteroatoms. The first kappa shape index (κ1) is 14.7. The maximum Gasteiger partial charge on any atom is 0.255 e. The van der Waals surface area contributed by atoms with Gasteiger partial charge in [0.25, 0.3) is 5.91 Å². The van der Waals surface area contributed by atoms with Crippen molar-refractivity contribution < 1.29 is 13.2 Å². The number of sulfonamides is 1. The molecule has 2 N–H and O–H groups in total. The fourth-order valence-electron chi connectivity index (χ4n) is 2.53. The Balaban J connectivity index is 1.86. The lowest BCUT2D eigenvalue weighted by Crippen LogP contribution is -2.29. The predicted octanol–water partition coefficient (Wildman–Crippen LogP) is 2.43. The van der Waals surface area contributed by atoms with Gasteiger partial charge in [-0.05, 0) is 30.4 Å². The van der Waals surface area contributed by atoms with Crippen molar-refractivity contribution in [1.82, 2.24) is 4.90 Å². The number of thiophene rings is 2. The Morgan fingerprint density at radius 2 is 2.19 bits per heavy atom. The highest BCUT2D eigenvalue weighted by molar-refractivity contribution is 7.91. The van der Waals surface area contributed by atoms with Crippen LogP contribution in [-0.2, 0) is 10.0 Å². The Labute approximate surface area is 131 Å². The molecule has 3 rings (SSSR count). The zero-order valence-electron chi connectivity index (χ0n) is 11.1. The number of hydrogen-bond acceptors (Lipinski definition) is 5. The van der Waals surface area contributed by atoms with E-state index in [9.17, 15) is 13.2 Å². The Morgan fingerprint density at radius 3 is 2.81 bits per heavy atom. The first-order valence-corrected chi connectivity index (χ1v) is 9.73. The minimum absolute atomic E-state index is 0.0257. The van der Waals surface area contributed by atoms with Crippen LogP contribution in [-0.4, -0.2) is 25.8 Å². The molecule has 1 amide bonds. The predicted molar refractivity (Wildman–Crippen MR) is 83.0 cm³/mol. The molecule has 1 saturated heterocycles. The molecule has 3 heterocycles. The van der Waals surface area contributed by atoms with Gasteiger partial charge in [-0.3, -0.25) is 4.79 Å². The summed E-state index contributed by atoms with van der Waals surface area (Å²) in [6, 6.07) is 5.47. The van der Waals surface area contributed by atoms with Crippen LogP contribution in [0.25, 0.3) is 0 Å². The third-order valence-electron chi connectivity index (χ3n) is 3.49. The fraction of sp³-hybridized carbons (Fsp3) is 0.308. The van der Waals surface area contributed by atoms with Crippen molar-refractivity contribution >= 4 is 38.6 Å². The van der Waals surface area contributed by atoms with Gasteiger partial charge in [-0.1, -0.05) is 6.07 Å². The van der Waals surface area contributed by atoms with E-state index in [-0.39, 0.29) is 16.2 Å². The molecule has 112 valence electrons. The second-order valence-electron chi connectivity index (χ2n) is 4.87. The number of amides is 1. The summed E-state index contributed by atoms with van der Waals surface area (Å²) in [7, 11) is -3.75. The van der Waals surface area contributed by atoms with Crippen LogP contribution in [0.5, 0.6) is 0 Å². The van der Waals surface area contributed by atoms with Crippen LogP contribution in [0.4, 0.5) is 0 Å². The zero-order chi connectivity index (χ0) is 15.0. The van der Waals surface area contributed by atoms with Gasteiger partial charge in [0.15, 0.2) is 0 Å². The van der Waals surface area contributed by atoms with Gasteiger partial charge in [0, 0.05) is 16.8 Å². The molecule has 0 unspecified atom stereocenters. The molecule has 0 radical (unpaired) electrons. The molecule has 1 atom stereocenters. The van der Waals surface area contributed by atoms with Crippen molar-refractivity contribution in [2.24, 2.45) is 5.14 Å². The average Bonchev–Trinajstić information content (AvgIpc) is 3.16. The van der Waals surface area contributed by atoms with E-state index in [1.807, 2.05) is 22.4 Å². The van der Waals surface area contributed by atoms with Gasteiger partial charge in [-0.2, -0.15) is 0 Å². The van der Waals surface area contributed by atoms with Crippen LogP contribution in [0.2, 0.25) is 0 Å². The molecule has 1 aliphatic rings.